The van der Waals surface area contributed by atoms with Crippen molar-refractivity contribution in [2.75, 3.05) is 11.4 Å². The highest BCUT2D eigenvalue weighted by Crippen LogP contribution is 2.42. The molecule has 0 aliphatic carbocycles. The first-order valence-corrected chi connectivity index (χ1v) is 12.5. The summed E-state index contributed by atoms with van der Waals surface area (Å²) in [4.78, 5) is 28.1. The SMILES string of the molecule is Cc1ccc(N2C(=O)[C@H](Cc3ccccc3Cl)S/C2=C(\C#N)C(=O)NCCc2ccccc2)cc1. The molecule has 35 heavy (non-hydrogen) atoms. The smallest absolute Gasteiger partial charge is 0.264 e. The number of halogens is 1. The third kappa shape index (κ3) is 5.76. The Morgan fingerprint density at radius 2 is 1.74 bits per heavy atom. The summed E-state index contributed by atoms with van der Waals surface area (Å²) >= 11 is 7.58. The number of thioether (sulfide) groups is 1. The lowest BCUT2D eigenvalue weighted by atomic mass is 10.1. The third-order valence-electron chi connectivity index (χ3n) is 5.70. The number of nitrogens with zero attached hydrogens (tertiary/aromatic N) is 2. The Hall–Kier alpha value is -3.53. The monoisotopic (exact) mass is 501 g/mol. The summed E-state index contributed by atoms with van der Waals surface area (Å²) in [5.74, 6) is -0.673. The van der Waals surface area contributed by atoms with Crippen molar-refractivity contribution in [2.24, 2.45) is 0 Å². The molecule has 1 N–H and O–H groups in total. The summed E-state index contributed by atoms with van der Waals surface area (Å²) in [5.41, 5.74) is 3.53. The molecule has 1 atom stereocenters. The lowest BCUT2D eigenvalue weighted by Gasteiger charge is -2.19. The normalized spacial score (nSPS) is 16.7. The van der Waals surface area contributed by atoms with Gasteiger partial charge in [0.15, 0.2) is 0 Å². The Kier molecular flexibility index (Phi) is 7.91. The Balaban J connectivity index is 1.62. The molecule has 5 nitrogen and oxygen atoms in total. The van der Waals surface area contributed by atoms with Gasteiger partial charge >= 0.3 is 0 Å². The lowest BCUT2D eigenvalue weighted by Crippen LogP contribution is -2.32. The van der Waals surface area contributed by atoms with E-state index in [2.05, 4.69) is 5.32 Å². The average molecular weight is 502 g/mol. The Morgan fingerprint density at radius 3 is 2.43 bits per heavy atom. The summed E-state index contributed by atoms with van der Waals surface area (Å²) in [7, 11) is 0. The molecule has 3 aromatic rings. The van der Waals surface area contributed by atoms with Crippen LogP contribution in [0.1, 0.15) is 16.7 Å². The number of hydrogen-bond donors (Lipinski definition) is 1. The Bertz CT molecular complexity index is 1300. The maximum absolute atomic E-state index is 13.5. The Labute approximate surface area is 214 Å². The number of anilines is 1. The fraction of sp³-hybridized carbons (Fsp3) is 0.179. The molecule has 0 saturated carbocycles. The van der Waals surface area contributed by atoms with Gasteiger partial charge in [0, 0.05) is 17.3 Å². The third-order valence-corrected chi connectivity index (χ3v) is 7.33. The van der Waals surface area contributed by atoms with E-state index in [-0.39, 0.29) is 11.5 Å². The molecule has 0 radical (unpaired) electrons. The van der Waals surface area contributed by atoms with Crippen LogP contribution in [0.5, 0.6) is 0 Å². The van der Waals surface area contributed by atoms with Gasteiger partial charge < -0.3 is 5.32 Å². The molecule has 1 heterocycles. The highest BCUT2D eigenvalue weighted by molar-refractivity contribution is 8.05. The van der Waals surface area contributed by atoms with Crippen LogP contribution in [0.4, 0.5) is 5.69 Å². The fourth-order valence-electron chi connectivity index (χ4n) is 3.83. The molecular formula is C28H24ClN3O2S. The number of benzene rings is 3. The standard InChI is InChI=1S/C28H24ClN3O2S/c1-19-11-13-22(14-12-19)32-27(34)25(17-21-9-5-6-10-24(21)29)35-28(32)23(18-30)26(33)31-16-15-20-7-3-2-4-8-20/h2-14,25H,15-17H2,1H3,(H,31,33)/b28-23+/t25-/m0/s1. The average Bonchev–Trinajstić information content (AvgIpc) is 3.17. The maximum atomic E-state index is 13.5. The largest absolute Gasteiger partial charge is 0.351 e. The van der Waals surface area contributed by atoms with Gasteiger partial charge in [0.05, 0.1) is 5.25 Å². The number of nitriles is 1. The van der Waals surface area contributed by atoms with E-state index in [9.17, 15) is 14.9 Å². The Morgan fingerprint density at radius 1 is 1.06 bits per heavy atom. The zero-order chi connectivity index (χ0) is 24.8. The van der Waals surface area contributed by atoms with Crippen LogP contribution in [-0.2, 0) is 22.4 Å². The van der Waals surface area contributed by atoms with Crippen LogP contribution in [0.15, 0.2) is 89.5 Å². The van der Waals surface area contributed by atoms with Gasteiger partial charge in [-0.25, -0.2) is 0 Å². The van der Waals surface area contributed by atoms with Crippen molar-refractivity contribution < 1.29 is 9.59 Å². The highest BCUT2D eigenvalue weighted by atomic mass is 35.5. The molecule has 2 amide bonds. The second-order valence-corrected chi connectivity index (χ2v) is 9.79. The van der Waals surface area contributed by atoms with E-state index in [1.165, 1.54) is 16.7 Å². The van der Waals surface area contributed by atoms with Crippen LogP contribution in [0.2, 0.25) is 5.02 Å². The van der Waals surface area contributed by atoms with Gasteiger partial charge in [-0.05, 0) is 49.1 Å². The number of rotatable bonds is 7. The first-order valence-electron chi connectivity index (χ1n) is 11.2. The molecule has 176 valence electrons. The summed E-state index contributed by atoms with van der Waals surface area (Å²) in [5, 5.41) is 13.2. The summed E-state index contributed by atoms with van der Waals surface area (Å²) in [6, 6.07) is 26.7. The van der Waals surface area contributed by atoms with Gasteiger partial charge in [0.1, 0.15) is 16.7 Å². The first-order chi connectivity index (χ1) is 17.0. The van der Waals surface area contributed by atoms with Crippen molar-refractivity contribution in [1.29, 1.82) is 5.26 Å². The summed E-state index contributed by atoms with van der Waals surface area (Å²) in [6.07, 6.45) is 1.03. The molecule has 0 spiro atoms. The zero-order valence-electron chi connectivity index (χ0n) is 19.2. The van der Waals surface area contributed by atoms with Crippen molar-refractivity contribution in [3.05, 3.63) is 111 Å². The van der Waals surface area contributed by atoms with E-state index in [1.807, 2.05) is 85.8 Å². The van der Waals surface area contributed by atoms with Crippen LogP contribution >= 0.6 is 23.4 Å². The molecule has 0 aromatic heterocycles. The minimum atomic E-state index is -0.508. The molecule has 0 unspecified atom stereocenters. The highest BCUT2D eigenvalue weighted by Gasteiger charge is 2.41. The second-order valence-electron chi connectivity index (χ2n) is 8.19. The molecule has 1 saturated heterocycles. The molecule has 4 rings (SSSR count). The van der Waals surface area contributed by atoms with E-state index in [0.29, 0.717) is 35.1 Å². The predicted octanol–water partition coefficient (Wildman–Crippen LogP) is 5.43. The summed E-state index contributed by atoms with van der Waals surface area (Å²) in [6.45, 7) is 2.34. The van der Waals surface area contributed by atoms with Crippen molar-refractivity contribution in [3.8, 4) is 6.07 Å². The second kappa shape index (κ2) is 11.3. The first kappa shape index (κ1) is 24.6. The quantitative estimate of drug-likeness (QED) is 0.346. The molecule has 1 aliphatic rings. The minimum absolute atomic E-state index is 0.0707. The minimum Gasteiger partial charge on any atom is -0.351 e. The number of carbonyl (C=O) groups excluding carboxylic acids is 2. The fourth-order valence-corrected chi connectivity index (χ4v) is 5.34. The van der Waals surface area contributed by atoms with E-state index in [0.717, 1.165) is 16.7 Å². The van der Waals surface area contributed by atoms with E-state index >= 15 is 0 Å². The van der Waals surface area contributed by atoms with Gasteiger partial charge in [-0.15, -0.1) is 0 Å². The topological polar surface area (TPSA) is 73.2 Å². The van der Waals surface area contributed by atoms with Crippen LogP contribution in [0.25, 0.3) is 0 Å². The van der Waals surface area contributed by atoms with Gasteiger partial charge in [0.25, 0.3) is 5.91 Å². The van der Waals surface area contributed by atoms with Gasteiger partial charge in [-0.2, -0.15) is 5.26 Å². The van der Waals surface area contributed by atoms with Crippen molar-refractivity contribution in [1.82, 2.24) is 5.32 Å². The van der Waals surface area contributed by atoms with Gasteiger partial charge in [-0.3, -0.25) is 14.5 Å². The van der Waals surface area contributed by atoms with E-state index in [1.54, 1.807) is 6.07 Å². The van der Waals surface area contributed by atoms with Crippen LogP contribution in [0.3, 0.4) is 0 Å². The number of nitrogens with one attached hydrogen (secondary N) is 1. The number of carbonyl (C=O) groups is 2. The number of amides is 2. The van der Waals surface area contributed by atoms with Crippen LogP contribution < -0.4 is 10.2 Å². The molecule has 3 aromatic carbocycles. The lowest BCUT2D eigenvalue weighted by molar-refractivity contribution is -0.117. The van der Waals surface area contributed by atoms with E-state index in [4.69, 9.17) is 11.6 Å². The van der Waals surface area contributed by atoms with Crippen molar-refractivity contribution >= 4 is 40.9 Å². The predicted molar refractivity (Wildman–Crippen MR) is 141 cm³/mol. The number of hydrogen-bond acceptors (Lipinski definition) is 4. The van der Waals surface area contributed by atoms with E-state index < -0.39 is 11.2 Å². The van der Waals surface area contributed by atoms with Crippen LogP contribution in [-0.4, -0.2) is 23.6 Å². The van der Waals surface area contributed by atoms with Crippen LogP contribution in [0, 0.1) is 18.3 Å². The zero-order valence-corrected chi connectivity index (χ0v) is 20.8. The molecule has 1 fully saturated rings. The molecule has 0 bridgehead atoms. The molecular weight excluding hydrogens is 478 g/mol. The van der Waals surface area contributed by atoms with Gasteiger partial charge in [0.2, 0.25) is 5.91 Å². The molecule has 7 heteroatoms. The summed E-state index contributed by atoms with van der Waals surface area (Å²) < 4.78 is 0. The van der Waals surface area contributed by atoms with Gasteiger partial charge in [-0.1, -0.05) is 89.6 Å². The van der Waals surface area contributed by atoms with Crippen molar-refractivity contribution in [3.63, 3.8) is 0 Å². The number of aryl methyl sites for hydroxylation is 1. The van der Waals surface area contributed by atoms with Crippen molar-refractivity contribution in [2.45, 2.75) is 25.0 Å². The molecule has 1 aliphatic heterocycles. The maximum Gasteiger partial charge on any atom is 0.264 e.